The summed E-state index contributed by atoms with van der Waals surface area (Å²) in [4.78, 5) is 18.4. The molecule has 2 amide bonds. The van der Waals surface area contributed by atoms with E-state index in [2.05, 4.69) is 20.5 Å². The number of amides is 2. The number of carbonyl (C=O) groups is 1. The predicted molar refractivity (Wildman–Crippen MR) is 118 cm³/mol. The minimum Gasteiger partial charge on any atom is -0.418 e. The number of halogens is 5. The quantitative estimate of drug-likeness (QED) is 0.492. The van der Waals surface area contributed by atoms with Crippen LogP contribution in [0.5, 0.6) is 0 Å². The second-order valence-corrected chi connectivity index (χ2v) is 8.08. The lowest BCUT2D eigenvalue weighted by molar-refractivity contribution is -0.137. The summed E-state index contributed by atoms with van der Waals surface area (Å²) >= 11 is 12.1. The third-order valence-electron chi connectivity index (χ3n) is 5.02. The third kappa shape index (κ3) is 5.16. The van der Waals surface area contributed by atoms with Gasteiger partial charge in [0, 0.05) is 25.0 Å². The first kappa shape index (κ1) is 24.0. The predicted octanol–water partition coefficient (Wildman–Crippen LogP) is 5.27. The summed E-state index contributed by atoms with van der Waals surface area (Å²) in [6.07, 6.45) is -0.797. The van der Waals surface area contributed by atoms with Crippen LogP contribution in [0.2, 0.25) is 10.0 Å². The molecule has 2 aromatic heterocycles. The Morgan fingerprint density at radius 2 is 2.00 bits per heavy atom. The normalized spacial score (nSPS) is 14.2. The highest BCUT2D eigenvalue weighted by molar-refractivity contribution is 6.32. The first-order valence-electron chi connectivity index (χ1n) is 9.87. The van der Waals surface area contributed by atoms with Gasteiger partial charge in [-0.1, -0.05) is 29.3 Å². The number of urea groups is 1. The highest BCUT2D eigenvalue weighted by atomic mass is 35.5. The molecule has 34 heavy (non-hydrogen) atoms. The monoisotopic (exact) mass is 513 g/mol. The molecule has 0 bridgehead atoms. The molecular formula is C21H16Cl2F3N5O3. The van der Waals surface area contributed by atoms with Gasteiger partial charge in [-0.25, -0.2) is 4.79 Å². The number of pyridine rings is 1. The number of anilines is 1. The van der Waals surface area contributed by atoms with Gasteiger partial charge in [0.25, 0.3) is 0 Å². The van der Waals surface area contributed by atoms with Crippen molar-refractivity contribution < 1.29 is 27.5 Å². The fourth-order valence-electron chi connectivity index (χ4n) is 3.32. The van der Waals surface area contributed by atoms with E-state index in [1.807, 2.05) is 0 Å². The van der Waals surface area contributed by atoms with Crippen LogP contribution in [0.25, 0.3) is 17.0 Å². The standard InChI is InChI=1S/C21H16Cl2F3N5O3/c22-15-8-13(1-2-14(15)21(24,25)26)28-20(33)31-5-3-11(4-6-31)18-16(23)7-12(9-27-18)19-30-29-17(10-32)34-19/h1-3,7-9,32H,4-6,10H2,(H,28,33). The molecule has 1 aliphatic rings. The lowest BCUT2D eigenvalue weighted by Crippen LogP contribution is -2.38. The van der Waals surface area contributed by atoms with Crippen LogP contribution in [0.3, 0.4) is 0 Å². The molecule has 0 atom stereocenters. The minimum atomic E-state index is -4.57. The first-order chi connectivity index (χ1) is 16.2. The number of benzene rings is 1. The van der Waals surface area contributed by atoms with Crippen LogP contribution in [0.1, 0.15) is 23.6 Å². The number of carbonyl (C=O) groups excluding carboxylic acids is 1. The summed E-state index contributed by atoms with van der Waals surface area (Å²) < 4.78 is 43.8. The van der Waals surface area contributed by atoms with Gasteiger partial charge < -0.3 is 19.7 Å². The van der Waals surface area contributed by atoms with E-state index < -0.39 is 22.8 Å². The van der Waals surface area contributed by atoms with Gasteiger partial charge in [-0.15, -0.1) is 10.2 Å². The minimum absolute atomic E-state index is 0.0714. The van der Waals surface area contributed by atoms with Gasteiger partial charge in [-0.3, -0.25) is 4.98 Å². The van der Waals surface area contributed by atoms with Gasteiger partial charge in [-0.05, 0) is 36.3 Å². The van der Waals surface area contributed by atoms with Crippen molar-refractivity contribution in [3.63, 3.8) is 0 Å². The van der Waals surface area contributed by atoms with E-state index in [0.29, 0.717) is 29.2 Å². The number of alkyl halides is 3. The Morgan fingerprint density at radius 1 is 1.21 bits per heavy atom. The third-order valence-corrected chi connectivity index (χ3v) is 5.62. The topological polar surface area (TPSA) is 104 Å². The van der Waals surface area contributed by atoms with Crippen molar-refractivity contribution in [2.24, 2.45) is 0 Å². The molecule has 0 saturated heterocycles. The molecule has 4 rings (SSSR count). The summed E-state index contributed by atoms with van der Waals surface area (Å²) in [5.74, 6) is 0.246. The zero-order chi connectivity index (χ0) is 24.5. The summed E-state index contributed by atoms with van der Waals surface area (Å²) in [6.45, 7) is 0.212. The van der Waals surface area contributed by atoms with Crippen LogP contribution < -0.4 is 5.32 Å². The Bertz CT molecular complexity index is 1260. The van der Waals surface area contributed by atoms with Crippen molar-refractivity contribution in [2.45, 2.75) is 19.2 Å². The zero-order valence-electron chi connectivity index (χ0n) is 17.2. The Labute approximate surface area is 201 Å². The Hall–Kier alpha value is -3.15. The van der Waals surface area contributed by atoms with Crippen LogP contribution in [0.15, 0.2) is 41.0 Å². The number of aliphatic hydroxyl groups is 1. The zero-order valence-corrected chi connectivity index (χ0v) is 18.7. The maximum absolute atomic E-state index is 12.8. The van der Waals surface area contributed by atoms with E-state index in [1.54, 1.807) is 12.1 Å². The van der Waals surface area contributed by atoms with Crippen LogP contribution in [-0.4, -0.2) is 44.3 Å². The fourth-order valence-corrected chi connectivity index (χ4v) is 3.89. The van der Waals surface area contributed by atoms with Crippen molar-refractivity contribution in [3.05, 3.63) is 63.7 Å². The lowest BCUT2D eigenvalue weighted by atomic mass is 10.0. The van der Waals surface area contributed by atoms with Crippen LogP contribution in [0.4, 0.5) is 23.7 Å². The van der Waals surface area contributed by atoms with Crippen molar-refractivity contribution >= 4 is 40.5 Å². The highest BCUT2D eigenvalue weighted by Gasteiger charge is 2.33. The molecule has 1 aliphatic heterocycles. The molecule has 3 heterocycles. The molecule has 13 heteroatoms. The number of aliphatic hydroxyl groups excluding tert-OH is 1. The average molecular weight is 514 g/mol. The molecule has 0 unspecified atom stereocenters. The van der Waals surface area contributed by atoms with E-state index >= 15 is 0 Å². The highest BCUT2D eigenvalue weighted by Crippen LogP contribution is 2.36. The second kappa shape index (κ2) is 9.61. The van der Waals surface area contributed by atoms with Gasteiger partial charge in [-0.2, -0.15) is 13.2 Å². The van der Waals surface area contributed by atoms with E-state index in [1.165, 1.54) is 11.1 Å². The SMILES string of the molecule is O=C(Nc1ccc(C(F)(F)F)c(Cl)c1)N1CC=C(c2ncc(-c3nnc(CO)o3)cc2Cl)CC1. The van der Waals surface area contributed by atoms with E-state index in [9.17, 15) is 18.0 Å². The number of nitrogens with zero attached hydrogens (tertiary/aromatic N) is 4. The summed E-state index contributed by atoms with van der Waals surface area (Å²) in [7, 11) is 0. The number of hydrogen-bond donors (Lipinski definition) is 2. The fraction of sp³-hybridized carbons (Fsp3) is 0.238. The maximum atomic E-state index is 12.8. The number of hydrogen-bond acceptors (Lipinski definition) is 6. The lowest BCUT2D eigenvalue weighted by Gasteiger charge is -2.27. The Balaban J connectivity index is 1.42. The summed E-state index contributed by atoms with van der Waals surface area (Å²) in [5, 5.41) is 18.9. The van der Waals surface area contributed by atoms with Gasteiger partial charge >= 0.3 is 12.2 Å². The van der Waals surface area contributed by atoms with E-state index in [4.69, 9.17) is 32.7 Å². The molecule has 0 spiro atoms. The molecular weight excluding hydrogens is 498 g/mol. The number of rotatable bonds is 4. The second-order valence-electron chi connectivity index (χ2n) is 7.26. The summed E-state index contributed by atoms with van der Waals surface area (Å²) in [5.41, 5.74) is 1.06. The maximum Gasteiger partial charge on any atom is 0.417 e. The van der Waals surface area contributed by atoms with E-state index in [-0.39, 0.29) is 30.6 Å². The van der Waals surface area contributed by atoms with Crippen LogP contribution >= 0.6 is 23.2 Å². The van der Waals surface area contributed by atoms with Crippen molar-refractivity contribution in [1.29, 1.82) is 0 Å². The average Bonchev–Trinajstić information content (AvgIpc) is 3.28. The van der Waals surface area contributed by atoms with Gasteiger partial charge in [0.1, 0.15) is 6.61 Å². The molecule has 0 aliphatic carbocycles. The van der Waals surface area contributed by atoms with Gasteiger partial charge in [0.05, 0.1) is 26.9 Å². The van der Waals surface area contributed by atoms with Gasteiger partial charge in [0.15, 0.2) is 0 Å². The van der Waals surface area contributed by atoms with Gasteiger partial charge in [0.2, 0.25) is 11.8 Å². The summed E-state index contributed by atoms with van der Waals surface area (Å²) in [6, 6.07) is 4.17. The van der Waals surface area contributed by atoms with Crippen molar-refractivity contribution in [3.8, 4) is 11.5 Å². The molecule has 3 aromatic rings. The Morgan fingerprint density at radius 3 is 2.59 bits per heavy atom. The van der Waals surface area contributed by atoms with Crippen LogP contribution in [0, 0.1) is 0 Å². The molecule has 0 radical (unpaired) electrons. The number of aromatic nitrogens is 3. The van der Waals surface area contributed by atoms with Crippen LogP contribution in [-0.2, 0) is 12.8 Å². The molecule has 2 N–H and O–H groups in total. The molecule has 0 saturated carbocycles. The molecule has 178 valence electrons. The van der Waals surface area contributed by atoms with Crippen molar-refractivity contribution in [1.82, 2.24) is 20.1 Å². The molecule has 8 nitrogen and oxygen atoms in total. The Kier molecular flexibility index (Phi) is 6.78. The first-order valence-corrected chi connectivity index (χ1v) is 10.6. The molecule has 1 aromatic carbocycles. The van der Waals surface area contributed by atoms with Crippen molar-refractivity contribution in [2.75, 3.05) is 18.4 Å². The smallest absolute Gasteiger partial charge is 0.417 e. The molecule has 0 fully saturated rings. The van der Waals surface area contributed by atoms with E-state index in [0.717, 1.165) is 23.8 Å². The number of nitrogens with one attached hydrogen (secondary N) is 1. The largest absolute Gasteiger partial charge is 0.418 e.